The highest BCUT2D eigenvalue weighted by molar-refractivity contribution is 5.79. The van der Waals surface area contributed by atoms with Crippen molar-refractivity contribution in [3.05, 3.63) is 48.5 Å². The maximum absolute atomic E-state index is 11.7. The van der Waals surface area contributed by atoms with Crippen LogP contribution in [-0.4, -0.2) is 24.0 Å². The van der Waals surface area contributed by atoms with Crippen LogP contribution in [0.3, 0.4) is 0 Å². The molecule has 0 aliphatic carbocycles. The van der Waals surface area contributed by atoms with E-state index in [0.717, 1.165) is 23.1 Å². The number of carbonyl (C=O) groups is 1. The maximum atomic E-state index is 11.7. The molecule has 0 saturated carbocycles. The Kier molecular flexibility index (Phi) is 4.57. The lowest BCUT2D eigenvalue weighted by Crippen LogP contribution is -2.29. The Bertz CT molecular complexity index is 778. The number of oxazole rings is 1. The Morgan fingerprint density at radius 1 is 1.17 bits per heavy atom. The summed E-state index contributed by atoms with van der Waals surface area (Å²) < 4.78 is 11.4. The molecule has 0 saturated heterocycles. The van der Waals surface area contributed by atoms with Gasteiger partial charge in [-0.15, -0.1) is 0 Å². The molecular weight excluding hydrogens is 292 g/mol. The highest BCUT2D eigenvalue weighted by Gasteiger charge is 2.13. The largest absolute Gasteiger partial charge is 0.483 e. The van der Waals surface area contributed by atoms with E-state index in [2.05, 4.69) is 10.3 Å². The lowest BCUT2D eigenvalue weighted by Gasteiger charge is -2.09. The van der Waals surface area contributed by atoms with Crippen molar-refractivity contribution in [1.82, 2.24) is 10.3 Å². The average molecular weight is 310 g/mol. The summed E-state index contributed by atoms with van der Waals surface area (Å²) in [6, 6.07) is 15.0. The molecule has 23 heavy (non-hydrogen) atoms. The van der Waals surface area contributed by atoms with E-state index in [1.54, 1.807) is 6.07 Å². The van der Waals surface area contributed by atoms with Crippen LogP contribution in [-0.2, 0) is 4.79 Å². The highest BCUT2D eigenvalue weighted by Crippen LogP contribution is 2.31. The third-order valence-electron chi connectivity index (χ3n) is 3.34. The van der Waals surface area contributed by atoms with Crippen molar-refractivity contribution < 1.29 is 13.9 Å². The molecule has 3 aromatic rings. The van der Waals surface area contributed by atoms with Gasteiger partial charge in [0.15, 0.2) is 12.2 Å². The number of hydrogen-bond acceptors (Lipinski definition) is 4. The Morgan fingerprint density at radius 2 is 1.96 bits per heavy atom. The third-order valence-corrected chi connectivity index (χ3v) is 3.34. The standard InChI is InChI=1S/C18H18N2O3/c1-2-11-19-17(21)12-22-15-9-5-3-7-13(15)18-20-14-8-4-6-10-16(14)23-18/h3-10H,2,11-12H2,1H3,(H,19,21). The van der Waals surface area contributed by atoms with Crippen molar-refractivity contribution in [3.63, 3.8) is 0 Å². The van der Waals surface area contributed by atoms with Gasteiger partial charge in [-0.05, 0) is 30.7 Å². The number of hydrogen-bond donors (Lipinski definition) is 1. The Hall–Kier alpha value is -2.82. The molecule has 0 aliphatic rings. The van der Waals surface area contributed by atoms with Gasteiger partial charge >= 0.3 is 0 Å². The number of carbonyl (C=O) groups excluding carboxylic acids is 1. The lowest BCUT2D eigenvalue weighted by atomic mass is 10.2. The van der Waals surface area contributed by atoms with Crippen molar-refractivity contribution >= 4 is 17.0 Å². The van der Waals surface area contributed by atoms with Crippen LogP contribution < -0.4 is 10.1 Å². The van der Waals surface area contributed by atoms with Crippen LogP contribution in [0.2, 0.25) is 0 Å². The normalized spacial score (nSPS) is 10.7. The van der Waals surface area contributed by atoms with E-state index < -0.39 is 0 Å². The molecule has 1 N–H and O–H groups in total. The number of rotatable bonds is 6. The Balaban J connectivity index is 1.81. The van der Waals surface area contributed by atoms with Crippen molar-refractivity contribution in [1.29, 1.82) is 0 Å². The zero-order valence-electron chi connectivity index (χ0n) is 12.9. The first-order valence-electron chi connectivity index (χ1n) is 7.62. The SMILES string of the molecule is CCCNC(=O)COc1ccccc1-c1nc2ccccc2o1. The van der Waals surface area contributed by atoms with E-state index in [1.165, 1.54) is 0 Å². The predicted octanol–water partition coefficient (Wildman–Crippen LogP) is 3.40. The number of para-hydroxylation sites is 3. The number of fused-ring (bicyclic) bond motifs is 1. The zero-order valence-corrected chi connectivity index (χ0v) is 12.9. The van der Waals surface area contributed by atoms with E-state index in [0.29, 0.717) is 18.2 Å². The molecule has 0 unspecified atom stereocenters. The summed E-state index contributed by atoms with van der Waals surface area (Å²) in [6.07, 6.45) is 0.894. The van der Waals surface area contributed by atoms with Crippen LogP contribution in [0.1, 0.15) is 13.3 Å². The minimum Gasteiger partial charge on any atom is -0.483 e. The molecule has 0 bridgehead atoms. The average Bonchev–Trinajstić information content (AvgIpc) is 3.02. The third kappa shape index (κ3) is 3.51. The monoisotopic (exact) mass is 310 g/mol. The molecule has 0 atom stereocenters. The molecule has 118 valence electrons. The van der Waals surface area contributed by atoms with Gasteiger partial charge in [-0.3, -0.25) is 4.79 Å². The fourth-order valence-electron chi connectivity index (χ4n) is 2.22. The van der Waals surface area contributed by atoms with Crippen LogP contribution in [0.25, 0.3) is 22.6 Å². The number of ether oxygens (including phenoxy) is 1. The topological polar surface area (TPSA) is 64.4 Å². The minimum atomic E-state index is -0.140. The number of benzene rings is 2. The maximum Gasteiger partial charge on any atom is 0.257 e. The fraction of sp³-hybridized carbons (Fsp3) is 0.222. The molecule has 1 amide bonds. The molecule has 0 radical (unpaired) electrons. The van der Waals surface area contributed by atoms with Gasteiger partial charge < -0.3 is 14.5 Å². The molecule has 2 aromatic carbocycles. The van der Waals surface area contributed by atoms with E-state index in [9.17, 15) is 4.79 Å². The Morgan fingerprint density at radius 3 is 2.78 bits per heavy atom. The second-order valence-corrected chi connectivity index (χ2v) is 5.12. The van der Waals surface area contributed by atoms with Crippen molar-refractivity contribution in [2.45, 2.75) is 13.3 Å². The lowest BCUT2D eigenvalue weighted by molar-refractivity contribution is -0.123. The van der Waals surface area contributed by atoms with E-state index in [4.69, 9.17) is 9.15 Å². The van der Waals surface area contributed by atoms with Crippen LogP contribution >= 0.6 is 0 Å². The van der Waals surface area contributed by atoms with Crippen molar-refractivity contribution in [3.8, 4) is 17.2 Å². The number of amides is 1. The number of nitrogens with one attached hydrogen (secondary N) is 1. The van der Waals surface area contributed by atoms with Crippen molar-refractivity contribution in [2.24, 2.45) is 0 Å². The number of nitrogens with zero attached hydrogens (tertiary/aromatic N) is 1. The molecule has 0 fully saturated rings. The van der Waals surface area contributed by atoms with Crippen molar-refractivity contribution in [2.75, 3.05) is 13.2 Å². The number of aromatic nitrogens is 1. The van der Waals surface area contributed by atoms with Gasteiger partial charge in [-0.2, -0.15) is 0 Å². The first-order valence-corrected chi connectivity index (χ1v) is 7.62. The van der Waals surface area contributed by atoms with Crippen LogP contribution in [0.15, 0.2) is 52.9 Å². The summed E-state index contributed by atoms with van der Waals surface area (Å²) in [4.78, 5) is 16.2. The second-order valence-electron chi connectivity index (χ2n) is 5.12. The summed E-state index contributed by atoms with van der Waals surface area (Å²) in [5.74, 6) is 0.917. The van der Waals surface area contributed by atoms with E-state index >= 15 is 0 Å². The zero-order chi connectivity index (χ0) is 16.1. The highest BCUT2D eigenvalue weighted by atomic mass is 16.5. The van der Waals surface area contributed by atoms with Gasteiger partial charge in [-0.25, -0.2) is 4.98 Å². The van der Waals surface area contributed by atoms with Gasteiger partial charge in [0.05, 0.1) is 5.56 Å². The van der Waals surface area contributed by atoms with Crippen LogP contribution in [0.4, 0.5) is 0 Å². The molecule has 5 nitrogen and oxygen atoms in total. The van der Waals surface area contributed by atoms with Gasteiger partial charge in [0.1, 0.15) is 11.3 Å². The Labute approximate surface area is 134 Å². The molecule has 5 heteroatoms. The van der Waals surface area contributed by atoms with E-state index in [1.807, 2.05) is 49.4 Å². The second kappa shape index (κ2) is 6.96. The first-order chi connectivity index (χ1) is 11.3. The quantitative estimate of drug-likeness (QED) is 0.758. The molecule has 3 rings (SSSR count). The van der Waals surface area contributed by atoms with Crippen LogP contribution in [0, 0.1) is 0 Å². The van der Waals surface area contributed by atoms with Crippen LogP contribution in [0.5, 0.6) is 5.75 Å². The molecular formula is C18H18N2O3. The summed E-state index contributed by atoms with van der Waals surface area (Å²) >= 11 is 0. The smallest absolute Gasteiger partial charge is 0.257 e. The molecule has 1 aromatic heterocycles. The van der Waals surface area contributed by atoms with Gasteiger partial charge in [-0.1, -0.05) is 31.2 Å². The molecule has 0 spiro atoms. The predicted molar refractivity (Wildman–Crippen MR) is 88.2 cm³/mol. The van der Waals surface area contributed by atoms with Gasteiger partial charge in [0.25, 0.3) is 5.91 Å². The fourth-order valence-corrected chi connectivity index (χ4v) is 2.22. The summed E-state index contributed by atoms with van der Waals surface area (Å²) in [5, 5.41) is 2.78. The summed E-state index contributed by atoms with van der Waals surface area (Å²) in [6.45, 7) is 2.62. The van der Waals surface area contributed by atoms with Gasteiger partial charge in [0, 0.05) is 6.54 Å². The molecule has 0 aliphatic heterocycles. The summed E-state index contributed by atoms with van der Waals surface area (Å²) in [7, 11) is 0. The van der Waals surface area contributed by atoms with Gasteiger partial charge in [0.2, 0.25) is 5.89 Å². The first kappa shape index (κ1) is 15.1. The minimum absolute atomic E-state index is 0.0305. The molecule has 1 heterocycles. The summed E-state index contributed by atoms with van der Waals surface area (Å²) in [5.41, 5.74) is 2.24. The van der Waals surface area contributed by atoms with E-state index in [-0.39, 0.29) is 12.5 Å².